The molecular formula is C19H18FN3O2. The zero-order valence-electron chi connectivity index (χ0n) is 14.3. The molecule has 0 unspecified atom stereocenters. The fraction of sp³-hybridized carbons (Fsp3) is 0.211. The summed E-state index contributed by atoms with van der Waals surface area (Å²) in [6.45, 7) is 4.01. The quantitative estimate of drug-likeness (QED) is 0.685. The van der Waals surface area contributed by atoms with Gasteiger partial charge in [-0.1, -0.05) is 29.8 Å². The minimum atomic E-state index is -0.688. The number of halogens is 1. The Morgan fingerprint density at radius 2 is 1.84 bits per heavy atom. The first kappa shape index (κ1) is 16.8. The van der Waals surface area contributed by atoms with Crippen LogP contribution in [0.2, 0.25) is 0 Å². The van der Waals surface area contributed by atoms with Crippen molar-refractivity contribution in [2.75, 3.05) is 7.11 Å². The summed E-state index contributed by atoms with van der Waals surface area (Å²) >= 11 is 0. The van der Waals surface area contributed by atoms with Gasteiger partial charge in [0.05, 0.1) is 24.9 Å². The van der Waals surface area contributed by atoms with Crippen LogP contribution in [0.4, 0.5) is 4.39 Å². The second kappa shape index (κ2) is 6.84. The van der Waals surface area contributed by atoms with E-state index in [1.807, 2.05) is 31.2 Å². The van der Waals surface area contributed by atoms with Crippen molar-refractivity contribution in [2.24, 2.45) is 0 Å². The first-order valence-corrected chi connectivity index (χ1v) is 7.83. The Kier molecular flexibility index (Phi) is 4.61. The predicted octanol–water partition coefficient (Wildman–Crippen LogP) is 3.12. The van der Waals surface area contributed by atoms with Gasteiger partial charge in [-0.3, -0.25) is 4.79 Å². The molecule has 0 spiro atoms. The third-order valence-corrected chi connectivity index (χ3v) is 3.91. The van der Waals surface area contributed by atoms with E-state index in [0.29, 0.717) is 17.8 Å². The molecule has 3 aromatic rings. The van der Waals surface area contributed by atoms with Gasteiger partial charge >= 0.3 is 0 Å². The van der Waals surface area contributed by atoms with E-state index in [-0.39, 0.29) is 17.0 Å². The highest BCUT2D eigenvalue weighted by Crippen LogP contribution is 2.22. The molecule has 25 heavy (non-hydrogen) atoms. The third kappa shape index (κ3) is 3.57. The van der Waals surface area contributed by atoms with Crippen molar-refractivity contribution in [1.82, 2.24) is 14.8 Å². The number of aryl methyl sites for hydroxylation is 2. The number of pyridine rings is 1. The molecule has 6 heteroatoms. The zero-order valence-corrected chi connectivity index (χ0v) is 14.3. The van der Waals surface area contributed by atoms with Crippen molar-refractivity contribution in [1.29, 1.82) is 0 Å². The van der Waals surface area contributed by atoms with E-state index >= 15 is 0 Å². The molecule has 2 aromatic heterocycles. The summed E-state index contributed by atoms with van der Waals surface area (Å²) < 4.78 is 20.5. The summed E-state index contributed by atoms with van der Waals surface area (Å²) in [7, 11) is 1.42. The van der Waals surface area contributed by atoms with Crippen molar-refractivity contribution >= 4 is 0 Å². The van der Waals surface area contributed by atoms with E-state index in [1.165, 1.54) is 11.8 Å². The molecule has 5 nitrogen and oxygen atoms in total. The SMILES string of the molecule is COc1ccc(-c2cc(C)c(=O)n(Cc3ccc(C)cc3)n2)c(F)n1. The topological polar surface area (TPSA) is 57.0 Å². The molecule has 0 bridgehead atoms. The fourth-order valence-electron chi connectivity index (χ4n) is 2.50. The van der Waals surface area contributed by atoms with Crippen LogP contribution in [0.15, 0.2) is 47.3 Å². The van der Waals surface area contributed by atoms with Gasteiger partial charge in [0, 0.05) is 11.6 Å². The van der Waals surface area contributed by atoms with E-state index < -0.39 is 5.95 Å². The number of hydrogen-bond donors (Lipinski definition) is 0. The van der Waals surface area contributed by atoms with Crippen molar-refractivity contribution < 1.29 is 9.13 Å². The molecule has 1 aromatic carbocycles. The average Bonchev–Trinajstić information content (AvgIpc) is 2.60. The molecule has 2 heterocycles. The maximum Gasteiger partial charge on any atom is 0.270 e. The minimum absolute atomic E-state index is 0.186. The summed E-state index contributed by atoms with van der Waals surface area (Å²) in [6.07, 6.45) is 0. The van der Waals surface area contributed by atoms with Crippen LogP contribution in [0.3, 0.4) is 0 Å². The molecule has 128 valence electrons. The molecule has 0 saturated carbocycles. The summed E-state index contributed by atoms with van der Waals surface area (Å²) in [5.41, 5.74) is 2.96. The molecule has 0 aliphatic heterocycles. The predicted molar refractivity (Wildman–Crippen MR) is 93.3 cm³/mol. The fourth-order valence-corrected chi connectivity index (χ4v) is 2.50. The van der Waals surface area contributed by atoms with Gasteiger partial charge < -0.3 is 4.74 Å². The lowest BCUT2D eigenvalue weighted by atomic mass is 10.1. The monoisotopic (exact) mass is 339 g/mol. The first-order chi connectivity index (χ1) is 12.0. The molecule has 0 amide bonds. The second-order valence-electron chi connectivity index (χ2n) is 5.85. The smallest absolute Gasteiger partial charge is 0.270 e. The van der Waals surface area contributed by atoms with E-state index in [2.05, 4.69) is 10.1 Å². The van der Waals surface area contributed by atoms with Crippen molar-refractivity contribution in [2.45, 2.75) is 20.4 Å². The standard InChI is InChI=1S/C19H18FN3O2/c1-12-4-6-14(7-5-12)11-23-19(24)13(2)10-16(22-23)15-8-9-17(25-3)21-18(15)20/h4-10H,11H2,1-3H3. The minimum Gasteiger partial charge on any atom is -0.481 e. The van der Waals surface area contributed by atoms with Gasteiger partial charge in [0.2, 0.25) is 11.8 Å². The van der Waals surface area contributed by atoms with Crippen LogP contribution >= 0.6 is 0 Å². The Morgan fingerprint density at radius 3 is 2.48 bits per heavy atom. The Bertz CT molecular complexity index is 965. The Balaban J connectivity index is 2.03. The maximum atomic E-state index is 14.2. The summed E-state index contributed by atoms with van der Waals surface area (Å²) in [5.74, 6) is -0.502. The van der Waals surface area contributed by atoms with Crippen LogP contribution in [-0.2, 0) is 6.54 Å². The largest absolute Gasteiger partial charge is 0.481 e. The maximum absolute atomic E-state index is 14.2. The van der Waals surface area contributed by atoms with Crippen molar-refractivity contribution in [3.63, 3.8) is 0 Å². The Labute approximate surface area is 144 Å². The van der Waals surface area contributed by atoms with Crippen LogP contribution < -0.4 is 10.3 Å². The molecule has 0 fully saturated rings. The summed E-state index contributed by atoms with van der Waals surface area (Å²) in [6, 6.07) is 12.5. The van der Waals surface area contributed by atoms with Gasteiger partial charge in [-0.2, -0.15) is 14.5 Å². The van der Waals surface area contributed by atoms with Gasteiger partial charge in [0.25, 0.3) is 5.56 Å². The van der Waals surface area contributed by atoms with Crippen LogP contribution in [0, 0.1) is 19.8 Å². The molecule has 0 radical (unpaired) electrons. The highest BCUT2D eigenvalue weighted by atomic mass is 19.1. The normalized spacial score (nSPS) is 10.7. The number of hydrogen-bond acceptors (Lipinski definition) is 4. The molecule has 0 aliphatic rings. The highest BCUT2D eigenvalue weighted by molar-refractivity contribution is 5.59. The van der Waals surface area contributed by atoms with Crippen LogP contribution in [-0.4, -0.2) is 21.9 Å². The summed E-state index contributed by atoms with van der Waals surface area (Å²) in [4.78, 5) is 16.1. The Hall–Kier alpha value is -3.02. The van der Waals surface area contributed by atoms with E-state index in [1.54, 1.807) is 25.1 Å². The zero-order chi connectivity index (χ0) is 18.0. The number of rotatable bonds is 4. The van der Waals surface area contributed by atoms with E-state index in [0.717, 1.165) is 11.1 Å². The highest BCUT2D eigenvalue weighted by Gasteiger charge is 2.13. The van der Waals surface area contributed by atoms with Crippen molar-refractivity contribution in [3.05, 3.63) is 75.5 Å². The van der Waals surface area contributed by atoms with Gasteiger partial charge in [-0.15, -0.1) is 0 Å². The van der Waals surface area contributed by atoms with Crippen LogP contribution in [0.5, 0.6) is 5.88 Å². The van der Waals surface area contributed by atoms with E-state index in [9.17, 15) is 9.18 Å². The molecule has 0 N–H and O–H groups in total. The molecule has 0 saturated heterocycles. The van der Waals surface area contributed by atoms with Gasteiger partial charge in [-0.25, -0.2) is 4.68 Å². The second-order valence-corrected chi connectivity index (χ2v) is 5.85. The lowest BCUT2D eigenvalue weighted by Gasteiger charge is -2.10. The van der Waals surface area contributed by atoms with Crippen molar-refractivity contribution in [3.8, 4) is 17.1 Å². The lowest BCUT2D eigenvalue weighted by molar-refractivity contribution is 0.388. The van der Waals surface area contributed by atoms with E-state index in [4.69, 9.17) is 4.74 Å². The third-order valence-electron chi connectivity index (χ3n) is 3.91. The average molecular weight is 339 g/mol. The molecule has 3 rings (SSSR count). The molecule has 0 atom stereocenters. The van der Waals surface area contributed by atoms with Gasteiger partial charge in [0.15, 0.2) is 0 Å². The first-order valence-electron chi connectivity index (χ1n) is 7.83. The number of nitrogens with zero attached hydrogens (tertiary/aromatic N) is 3. The van der Waals surface area contributed by atoms with Gasteiger partial charge in [0.1, 0.15) is 0 Å². The van der Waals surface area contributed by atoms with Gasteiger partial charge in [-0.05, 0) is 31.5 Å². The number of ether oxygens (including phenoxy) is 1. The van der Waals surface area contributed by atoms with Crippen LogP contribution in [0.25, 0.3) is 11.3 Å². The Morgan fingerprint density at radius 1 is 1.12 bits per heavy atom. The molecule has 0 aliphatic carbocycles. The summed E-state index contributed by atoms with van der Waals surface area (Å²) in [5, 5.41) is 4.32. The van der Waals surface area contributed by atoms with Crippen LogP contribution in [0.1, 0.15) is 16.7 Å². The number of aromatic nitrogens is 3. The number of methoxy groups -OCH3 is 1. The number of benzene rings is 1. The lowest BCUT2D eigenvalue weighted by Crippen LogP contribution is -2.26. The molecular weight excluding hydrogens is 321 g/mol.